The molecular weight excluding hydrogens is 444 g/mol. The van der Waals surface area contributed by atoms with E-state index in [0.29, 0.717) is 24.2 Å². The van der Waals surface area contributed by atoms with Crippen LogP contribution in [0.15, 0.2) is 42.5 Å². The molecule has 9 nitrogen and oxygen atoms in total. The number of rotatable bonds is 7. The summed E-state index contributed by atoms with van der Waals surface area (Å²) in [7, 11) is -0.503. The van der Waals surface area contributed by atoms with Crippen LogP contribution in [-0.2, 0) is 19.6 Å². The van der Waals surface area contributed by atoms with Gasteiger partial charge in [0.15, 0.2) is 0 Å². The molecular formula is C23H28N4O5S. The lowest BCUT2D eigenvalue weighted by molar-refractivity contribution is -0.117. The normalized spacial score (nSPS) is 13.7. The maximum Gasteiger partial charge on any atom is 0.253 e. The summed E-state index contributed by atoms with van der Waals surface area (Å²) < 4.78 is 25.7. The predicted molar refractivity (Wildman–Crippen MR) is 128 cm³/mol. The Hall–Kier alpha value is -3.40. The number of benzene rings is 2. The molecule has 0 saturated carbocycles. The molecule has 0 spiro atoms. The highest BCUT2D eigenvalue weighted by atomic mass is 32.2. The van der Waals surface area contributed by atoms with E-state index < -0.39 is 22.5 Å². The van der Waals surface area contributed by atoms with Gasteiger partial charge >= 0.3 is 0 Å². The van der Waals surface area contributed by atoms with Gasteiger partial charge in [-0.25, -0.2) is 8.42 Å². The third-order valence-corrected chi connectivity index (χ3v) is 6.48. The number of carbonyl (C=O) groups is 3. The van der Waals surface area contributed by atoms with Crippen LogP contribution in [0.25, 0.3) is 0 Å². The summed E-state index contributed by atoms with van der Waals surface area (Å²) in [6.07, 6.45) is 2.37. The summed E-state index contributed by atoms with van der Waals surface area (Å²) in [5.74, 6) is -0.644. The second kappa shape index (κ2) is 9.62. The first-order valence-corrected chi connectivity index (χ1v) is 12.3. The van der Waals surface area contributed by atoms with Crippen LogP contribution in [-0.4, -0.2) is 64.5 Å². The molecule has 0 unspecified atom stereocenters. The molecule has 176 valence electrons. The summed E-state index contributed by atoms with van der Waals surface area (Å²) in [4.78, 5) is 39.9. The number of anilines is 3. The van der Waals surface area contributed by atoms with Crippen LogP contribution in [0.5, 0.6) is 0 Å². The number of nitrogens with one attached hydrogen (secondary N) is 1. The fourth-order valence-corrected chi connectivity index (χ4v) is 4.55. The van der Waals surface area contributed by atoms with Crippen molar-refractivity contribution in [1.29, 1.82) is 0 Å². The second-order valence-electron chi connectivity index (χ2n) is 8.21. The van der Waals surface area contributed by atoms with E-state index in [1.165, 1.54) is 29.2 Å². The molecule has 33 heavy (non-hydrogen) atoms. The van der Waals surface area contributed by atoms with Crippen LogP contribution in [0.2, 0.25) is 0 Å². The second-order valence-corrected chi connectivity index (χ2v) is 10.1. The van der Waals surface area contributed by atoms with Crippen molar-refractivity contribution in [3.05, 3.63) is 53.6 Å². The fourth-order valence-electron chi connectivity index (χ4n) is 3.70. The Morgan fingerprint density at radius 3 is 2.27 bits per heavy atom. The number of sulfonamides is 1. The van der Waals surface area contributed by atoms with Crippen LogP contribution in [0.1, 0.15) is 28.8 Å². The molecule has 1 fully saturated rings. The van der Waals surface area contributed by atoms with Crippen molar-refractivity contribution in [1.82, 2.24) is 4.90 Å². The standard InChI is InChI=1S/C23H28N4O5S/c1-16-14-18(9-12-20(16)26-13-5-6-22(26)29)24-21(28)15-27(33(4,31)32)19-10-7-17(8-11-19)23(30)25(2)3/h7-12,14H,5-6,13,15H2,1-4H3,(H,24,28). The number of hydrogen-bond donors (Lipinski definition) is 1. The number of carbonyl (C=O) groups excluding carboxylic acids is 3. The maximum atomic E-state index is 12.7. The smallest absolute Gasteiger partial charge is 0.253 e. The van der Waals surface area contributed by atoms with Crippen LogP contribution in [0.3, 0.4) is 0 Å². The lowest BCUT2D eigenvalue weighted by Gasteiger charge is -2.23. The van der Waals surface area contributed by atoms with Crippen molar-refractivity contribution in [2.45, 2.75) is 19.8 Å². The molecule has 0 aromatic heterocycles. The molecule has 1 N–H and O–H groups in total. The predicted octanol–water partition coefficient (Wildman–Crippen LogP) is 2.23. The first kappa shape index (κ1) is 24.2. The van der Waals surface area contributed by atoms with Crippen molar-refractivity contribution in [3.8, 4) is 0 Å². The van der Waals surface area contributed by atoms with Gasteiger partial charge in [-0.05, 0) is 61.4 Å². The lowest BCUT2D eigenvalue weighted by atomic mass is 10.1. The van der Waals surface area contributed by atoms with Crippen molar-refractivity contribution < 1.29 is 22.8 Å². The third kappa shape index (κ3) is 5.70. The van der Waals surface area contributed by atoms with Gasteiger partial charge in [0.25, 0.3) is 5.91 Å². The Labute approximate surface area is 194 Å². The Morgan fingerprint density at radius 2 is 1.76 bits per heavy atom. The Bertz CT molecular complexity index is 1180. The van der Waals surface area contributed by atoms with E-state index in [1.807, 2.05) is 6.92 Å². The van der Waals surface area contributed by atoms with E-state index in [2.05, 4.69) is 5.32 Å². The molecule has 2 aromatic rings. The highest BCUT2D eigenvalue weighted by Crippen LogP contribution is 2.27. The van der Waals surface area contributed by atoms with Gasteiger partial charge in [0.05, 0.1) is 11.9 Å². The summed E-state index contributed by atoms with van der Waals surface area (Å²) in [5.41, 5.74) is 2.84. The summed E-state index contributed by atoms with van der Waals surface area (Å²) >= 11 is 0. The molecule has 0 aliphatic carbocycles. The maximum absolute atomic E-state index is 12.7. The van der Waals surface area contributed by atoms with Crippen molar-refractivity contribution in [3.63, 3.8) is 0 Å². The zero-order valence-corrected chi connectivity index (χ0v) is 20.0. The van der Waals surface area contributed by atoms with Crippen LogP contribution < -0.4 is 14.5 Å². The van der Waals surface area contributed by atoms with E-state index in [0.717, 1.165) is 28.2 Å². The molecule has 10 heteroatoms. The Balaban J connectivity index is 1.74. The van der Waals surface area contributed by atoms with Crippen molar-refractivity contribution in [2.24, 2.45) is 0 Å². The molecule has 1 aliphatic rings. The molecule has 0 atom stereocenters. The third-order valence-electron chi connectivity index (χ3n) is 5.34. The van der Waals surface area contributed by atoms with Gasteiger partial charge in [-0.2, -0.15) is 0 Å². The molecule has 1 heterocycles. The van der Waals surface area contributed by atoms with E-state index in [-0.39, 0.29) is 17.5 Å². The number of nitrogens with zero attached hydrogens (tertiary/aromatic N) is 3. The molecule has 1 aliphatic heterocycles. The molecule has 0 radical (unpaired) electrons. The van der Waals surface area contributed by atoms with Crippen LogP contribution in [0.4, 0.5) is 17.1 Å². The van der Waals surface area contributed by atoms with Gasteiger partial charge in [0, 0.05) is 44.0 Å². The van der Waals surface area contributed by atoms with E-state index >= 15 is 0 Å². The highest BCUT2D eigenvalue weighted by molar-refractivity contribution is 7.92. The minimum Gasteiger partial charge on any atom is -0.345 e. The van der Waals surface area contributed by atoms with Gasteiger partial charge in [0.1, 0.15) is 6.54 Å². The van der Waals surface area contributed by atoms with Gasteiger partial charge < -0.3 is 15.1 Å². The van der Waals surface area contributed by atoms with Gasteiger partial charge in [-0.3, -0.25) is 18.7 Å². The summed E-state index contributed by atoms with van der Waals surface area (Å²) in [6.45, 7) is 2.11. The zero-order valence-electron chi connectivity index (χ0n) is 19.2. The van der Waals surface area contributed by atoms with E-state index in [9.17, 15) is 22.8 Å². The van der Waals surface area contributed by atoms with Crippen molar-refractivity contribution in [2.75, 3.05) is 48.0 Å². The van der Waals surface area contributed by atoms with E-state index in [1.54, 1.807) is 37.2 Å². The molecule has 0 bridgehead atoms. The monoisotopic (exact) mass is 472 g/mol. The van der Waals surface area contributed by atoms with Gasteiger partial charge in [-0.15, -0.1) is 0 Å². The van der Waals surface area contributed by atoms with Gasteiger partial charge in [-0.1, -0.05) is 0 Å². The fraction of sp³-hybridized carbons (Fsp3) is 0.348. The summed E-state index contributed by atoms with van der Waals surface area (Å²) in [6, 6.07) is 11.3. The zero-order chi connectivity index (χ0) is 24.3. The Kier molecular flexibility index (Phi) is 7.06. The molecule has 3 rings (SSSR count). The average Bonchev–Trinajstić information content (AvgIpc) is 3.16. The topological polar surface area (TPSA) is 107 Å². The highest BCUT2D eigenvalue weighted by Gasteiger charge is 2.24. The number of aryl methyl sites for hydroxylation is 1. The lowest BCUT2D eigenvalue weighted by Crippen LogP contribution is -2.37. The quantitative estimate of drug-likeness (QED) is 0.665. The summed E-state index contributed by atoms with van der Waals surface area (Å²) in [5, 5.41) is 2.72. The number of hydrogen-bond acceptors (Lipinski definition) is 5. The average molecular weight is 473 g/mol. The minimum atomic E-state index is -3.75. The molecule has 1 saturated heterocycles. The van der Waals surface area contributed by atoms with E-state index in [4.69, 9.17) is 0 Å². The van der Waals surface area contributed by atoms with Crippen LogP contribution in [0, 0.1) is 6.92 Å². The Morgan fingerprint density at radius 1 is 1.09 bits per heavy atom. The van der Waals surface area contributed by atoms with Crippen molar-refractivity contribution >= 4 is 44.8 Å². The SMILES string of the molecule is Cc1cc(NC(=O)CN(c2ccc(C(=O)N(C)C)cc2)S(C)(=O)=O)ccc1N1CCCC1=O. The minimum absolute atomic E-state index is 0.0805. The van der Waals surface area contributed by atoms with Gasteiger partial charge in [0.2, 0.25) is 21.8 Å². The first-order chi connectivity index (χ1) is 15.5. The number of amides is 3. The molecule has 3 amide bonds. The molecule has 2 aromatic carbocycles. The first-order valence-electron chi connectivity index (χ1n) is 10.5. The largest absolute Gasteiger partial charge is 0.345 e. The van der Waals surface area contributed by atoms with Crippen LogP contribution >= 0.6 is 0 Å².